The Morgan fingerprint density at radius 1 is 1.21 bits per heavy atom. The first-order valence-electron chi connectivity index (χ1n) is 6.78. The Kier molecular flexibility index (Phi) is 4.14. The van der Waals surface area contributed by atoms with Crippen molar-refractivity contribution in [3.63, 3.8) is 0 Å². The second kappa shape index (κ2) is 5.99. The van der Waals surface area contributed by atoms with Crippen molar-refractivity contribution < 1.29 is 17.6 Å². The number of sulfonamides is 1. The molecule has 0 fully saturated rings. The molecule has 0 unspecified atom stereocenters. The fourth-order valence-electron chi connectivity index (χ4n) is 2.24. The zero-order chi connectivity index (χ0) is 17.5. The lowest BCUT2D eigenvalue weighted by molar-refractivity contribution is 0.417. The van der Waals surface area contributed by atoms with Crippen LogP contribution < -0.4 is 15.2 Å². The van der Waals surface area contributed by atoms with Crippen molar-refractivity contribution in [3.05, 3.63) is 51.4 Å². The van der Waals surface area contributed by atoms with E-state index in [1.54, 1.807) is 25.2 Å². The predicted octanol–water partition coefficient (Wildman–Crippen LogP) is 2.70. The molecule has 1 heterocycles. The van der Waals surface area contributed by atoms with E-state index in [9.17, 15) is 13.2 Å². The van der Waals surface area contributed by atoms with E-state index in [0.717, 1.165) is 0 Å². The number of anilines is 1. The third-order valence-electron chi connectivity index (χ3n) is 3.48. The molecule has 1 N–H and O–H groups in total. The zero-order valence-corrected chi connectivity index (χ0v) is 15.1. The van der Waals surface area contributed by atoms with Gasteiger partial charge in [0.25, 0.3) is 10.0 Å². The van der Waals surface area contributed by atoms with Gasteiger partial charge in [0.2, 0.25) is 0 Å². The topological polar surface area (TPSA) is 90.5 Å². The number of hydrogen-bond donors (Lipinski definition) is 1. The maximum atomic E-state index is 12.6. The summed E-state index contributed by atoms with van der Waals surface area (Å²) in [5.41, 5.74) is 1.01. The molecule has 0 radical (unpaired) electrons. The molecule has 0 atom stereocenters. The Morgan fingerprint density at radius 2 is 1.96 bits per heavy atom. The van der Waals surface area contributed by atoms with Crippen molar-refractivity contribution >= 4 is 42.7 Å². The molecule has 1 aromatic heterocycles. The van der Waals surface area contributed by atoms with Gasteiger partial charge in [-0.05, 0) is 30.3 Å². The number of ether oxygens (including phenoxy) is 1. The van der Waals surface area contributed by atoms with Crippen molar-refractivity contribution in [1.82, 2.24) is 4.57 Å². The second-order valence-electron chi connectivity index (χ2n) is 5.01. The third-order valence-corrected chi connectivity index (χ3v) is 5.34. The second-order valence-corrected chi connectivity index (χ2v) is 7.60. The van der Waals surface area contributed by atoms with E-state index >= 15 is 0 Å². The summed E-state index contributed by atoms with van der Waals surface area (Å²) in [6, 6.07) is 9.21. The summed E-state index contributed by atoms with van der Waals surface area (Å²) < 4.78 is 39.9. The molecule has 3 aromatic rings. The number of aryl methyl sites for hydroxylation is 1. The van der Waals surface area contributed by atoms with Crippen molar-refractivity contribution in [2.45, 2.75) is 4.90 Å². The van der Waals surface area contributed by atoms with Crippen LogP contribution in [-0.2, 0) is 17.1 Å². The summed E-state index contributed by atoms with van der Waals surface area (Å²) in [6.45, 7) is 0. The molecule has 126 valence electrons. The number of nitrogens with zero attached hydrogens (tertiary/aromatic N) is 1. The summed E-state index contributed by atoms with van der Waals surface area (Å²) >= 11 is 3.29. The number of benzene rings is 2. The van der Waals surface area contributed by atoms with Crippen LogP contribution in [0.5, 0.6) is 5.75 Å². The Labute approximate surface area is 146 Å². The van der Waals surface area contributed by atoms with Crippen molar-refractivity contribution in [2.75, 3.05) is 11.8 Å². The molecule has 0 saturated carbocycles. The number of hydrogen-bond acceptors (Lipinski definition) is 5. The largest absolute Gasteiger partial charge is 0.495 e. The van der Waals surface area contributed by atoms with E-state index in [1.807, 2.05) is 0 Å². The minimum absolute atomic E-state index is 0.0219. The highest BCUT2D eigenvalue weighted by Crippen LogP contribution is 2.30. The van der Waals surface area contributed by atoms with Crippen LogP contribution in [-0.4, -0.2) is 20.1 Å². The summed E-state index contributed by atoms with van der Waals surface area (Å²) in [5.74, 6) is -0.171. The van der Waals surface area contributed by atoms with Gasteiger partial charge in [-0.3, -0.25) is 9.29 Å². The maximum absolute atomic E-state index is 12.6. The van der Waals surface area contributed by atoms with Crippen LogP contribution in [0.4, 0.5) is 5.69 Å². The Hall–Kier alpha value is -2.26. The van der Waals surface area contributed by atoms with Gasteiger partial charge in [-0.25, -0.2) is 13.2 Å². The van der Waals surface area contributed by atoms with Gasteiger partial charge < -0.3 is 9.15 Å². The van der Waals surface area contributed by atoms with E-state index in [0.29, 0.717) is 21.4 Å². The lowest BCUT2D eigenvalue weighted by atomic mass is 10.3. The number of methoxy groups -OCH3 is 1. The highest BCUT2D eigenvalue weighted by Gasteiger charge is 2.19. The van der Waals surface area contributed by atoms with Gasteiger partial charge in [-0.2, -0.15) is 0 Å². The molecule has 7 nitrogen and oxygen atoms in total. The SMILES string of the molecule is COc1ccc(Br)cc1NS(=O)(=O)c1ccc2c(c1)oc(=O)n2C. The minimum atomic E-state index is -3.88. The normalized spacial score (nSPS) is 11.6. The van der Waals surface area contributed by atoms with Gasteiger partial charge in [0, 0.05) is 17.6 Å². The van der Waals surface area contributed by atoms with E-state index in [-0.39, 0.29) is 10.5 Å². The van der Waals surface area contributed by atoms with Crippen molar-refractivity contribution in [2.24, 2.45) is 7.05 Å². The van der Waals surface area contributed by atoms with Gasteiger partial charge >= 0.3 is 5.76 Å². The lowest BCUT2D eigenvalue weighted by Gasteiger charge is -2.12. The minimum Gasteiger partial charge on any atom is -0.495 e. The average molecular weight is 413 g/mol. The van der Waals surface area contributed by atoms with Gasteiger partial charge in [-0.15, -0.1) is 0 Å². The number of fused-ring (bicyclic) bond motifs is 1. The Morgan fingerprint density at radius 3 is 2.67 bits per heavy atom. The fourth-order valence-corrected chi connectivity index (χ4v) is 3.68. The number of halogens is 1. The first-order chi connectivity index (χ1) is 11.3. The van der Waals surface area contributed by atoms with Gasteiger partial charge in [0.05, 0.1) is 23.2 Å². The quantitative estimate of drug-likeness (QED) is 0.711. The number of rotatable bonds is 4. The maximum Gasteiger partial charge on any atom is 0.419 e. The first kappa shape index (κ1) is 16.6. The van der Waals surface area contributed by atoms with E-state index in [2.05, 4.69) is 20.7 Å². The highest BCUT2D eigenvalue weighted by atomic mass is 79.9. The molecule has 0 aliphatic rings. The molecule has 0 spiro atoms. The molecule has 24 heavy (non-hydrogen) atoms. The standard InChI is InChI=1S/C15H13BrN2O5S/c1-18-12-5-4-10(8-14(12)23-15(18)19)24(20,21)17-11-7-9(16)3-6-13(11)22-2/h3-8,17H,1-2H3. The third kappa shape index (κ3) is 2.92. The Bertz CT molecular complexity index is 1080. The molecule has 0 aliphatic heterocycles. The molecule has 0 bridgehead atoms. The van der Waals surface area contributed by atoms with Crippen molar-refractivity contribution in [3.8, 4) is 5.75 Å². The van der Waals surface area contributed by atoms with Gasteiger partial charge in [-0.1, -0.05) is 15.9 Å². The van der Waals surface area contributed by atoms with Gasteiger partial charge in [0.1, 0.15) is 5.75 Å². The molecule has 0 saturated heterocycles. The summed E-state index contributed by atoms with van der Waals surface area (Å²) in [5, 5.41) is 0. The van der Waals surface area contributed by atoms with Crippen LogP contribution >= 0.6 is 15.9 Å². The highest BCUT2D eigenvalue weighted by molar-refractivity contribution is 9.10. The predicted molar refractivity (Wildman–Crippen MR) is 93.0 cm³/mol. The monoisotopic (exact) mass is 412 g/mol. The van der Waals surface area contributed by atoms with Crippen LogP contribution in [0.3, 0.4) is 0 Å². The molecule has 0 aliphatic carbocycles. The average Bonchev–Trinajstić information content (AvgIpc) is 2.81. The van der Waals surface area contributed by atoms with Crippen LogP contribution in [0.25, 0.3) is 11.1 Å². The zero-order valence-electron chi connectivity index (χ0n) is 12.7. The fraction of sp³-hybridized carbons (Fsp3) is 0.133. The van der Waals surface area contributed by atoms with Crippen LogP contribution in [0.15, 0.2) is 55.0 Å². The molecular weight excluding hydrogens is 400 g/mol. The number of aromatic nitrogens is 1. The van der Waals surface area contributed by atoms with E-state index < -0.39 is 15.8 Å². The molecule has 0 amide bonds. The molecule has 9 heteroatoms. The van der Waals surface area contributed by atoms with Crippen LogP contribution in [0, 0.1) is 0 Å². The van der Waals surface area contributed by atoms with E-state index in [4.69, 9.17) is 9.15 Å². The number of oxazole rings is 1. The Balaban J connectivity index is 2.05. The summed E-state index contributed by atoms with van der Waals surface area (Å²) in [6.07, 6.45) is 0. The van der Waals surface area contributed by atoms with Gasteiger partial charge in [0.15, 0.2) is 5.58 Å². The molecule has 3 rings (SSSR count). The van der Waals surface area contributed by atoms with E-state index in [1.165, 1.54) is 29.9 Å². The number of nitrogens with one attached hydrogen (secondary N) is 1. The van der Waals surface area contributed by atoms with Crippen LogP contribution in [0.1, 0.15) is 0 Å². The summed E-state index contributed by atoms with van der Waals surface area (Å²) in [7, 11) is -0.881. The smallest absolute Gasteiger partial charge is 0.419 e. The molecular formula is C15H13BrN2O5S. The van der Waals surface area contributed by atoms with Crippen molar-refractivity contribution in [1.29, 1.82) is 0 Å². The van der Waals surface area contributed by atoms with Crippen LogP contribution in [0.2, 0.25) is 0 Å². The lowest BCUT2D eigenvalue weighted by Crippen LogP contribution is -2.13. The first-order valence-corrected chi connectivity index (χ1v) is 9.05. The summed E-state index contributed by atoms with van der Waals surface area (Å²) in [4.78, 5) is 11.5. The molecule has 2 aromatic carbocycles.